The van der Waals surface area contributed by atoms with E-state index in [4.69, 9.17) is 5.26 Å². The molecule has 2 heterocycles. The molecular weight excluding hydrogens is 282 g/mol. The maximum absolute atomic E-state index is 11.2. The molecular formula is C15H11N5O2. The standard InChI is InChI=1S/C15H11N5O2/c1-19-7-5-10-2-3-12(8-13(10)19)18-15-14(20(21)22)11(9-16)4-6-17-15/h2-8H,1H3,(H,17,18). The first kappa shape index (κ1) is 13.6. The predicted molar refractivity (Wildman–Crippen MR) is 81.8 cm³/mol. The Hall–Kier alpha value is -3.40. The number of hydrogen-bond acceptors (Lipinski definition) is 5. The highest BCUT2D eigenvalue weighted by molar-refractivity contribution is 5.85. The van der Waals surface area contributed by atoms with Gasteiger partial charge in [0.2, 0.25) is 5.82 Å². The molecule has 1 N–H and O–H groups in total. The molecule has 0 fully saturated rings. The number of aryl methyl sites for hydroxylation is 1. The lowest BCUT2D eigenvalue weighted by Gasteiger charge is -2.07. The Kier molecular flexibility index (Phi) is 3.20. The molecule has 7 heteroatoms. The fourth-order valence-corrected chi connectivity index (χ4v) is 2.30. The average Bonchev–Trinajstić information content (AvgIpc) is 2.88. The van der Waals surface area contributed by atoms with Crippen molar-refractivity contribution in [1.82, 2.24) is 9.55 Å². The van der Waals surface area contributed by atoms with E-state index in [0.717, 1.165) is 10.9 Å². The molecule has 7 nitrogen and oxygen atoms in total. The molecule has 0 saturated carbocycles. The summed E-state index contributed by atoms with van der Waals surface area (Å²) in [7, 11) is 1.92. The van der Waals surface area contributed by atoms with Crippen LogP contribution in [0.1, 0.15) is 5.56 Å². The fourth-order valence-electron chi connectivity index (χ4n) is 2.30. The molecule has 0 unspecified atom stereocenters. The van der Waals surface area contributed by atoms with Crippen LogP contribution in [0.5, 0.6) is 0 Å². The van der Waals surface area contributed by atoms with Gasteiger partial charge in [-0.2, -0.15) is 5.26 Å². The van der Waals surface area contributed by atoms with Crippen LogP contribution >= 0.6 is 0 Å². The van der Waals surface area contributed by atoms with Crippen LogP contribution in [0.2, 0.25) is 0 Å². The van der Waals surface area contributed by atoms with Crippen molar-refractivity contribution in [3.63, 3.8) is 0 Å². The molecule has 0 saturated heterocycles. The topological polar surface area (TPSA) is 96.8 Å². The van der Waals surface area contributed by atoms with Gasteiger partial charge in [-0.3, -0.25) is 10.1 Å². The van der Waals surface area contributed by atoms with E-state index in [-0.39, 0.29) is 17.1 Å². The van der Waals surface area contributed by atoms with Crippen LogP contribution in [0.25, 0.3) is 10.9 Å². The van der Waals surface area contributed by atoms with Gasteiger partial charge >= 0.3 is 5.69 Å². The van der Waals surface area contributed by atoms with Gasteiger partial charge in [0, 0.05) is 30.6 Å². The number of nitrogens with one attached hydrogen (secondary N) is 1. The van der Waals surface area contributed by atoms with E-state index in [1.165, 1.54) is 12.3 Å². The van der Waals surface area contributed by atoms with Crippen molar-refractivity contribution < 1.29 is 4.92 Å². The number of nitrogens with zero attached hydrogens (tertiary/aromatic N) is 4. The van der Waals surface area contributed by atoms with Crippen LogP contribution in [0, 0.1) is 21.4 Å². The average molecular weight is 293 g/mol. The van der Waals surface area contributed by atoms with Crippen molar-refractivity contribution in [2.24, 2.45) is 7.05 Å². The molecule has 0 atom stereocenters. The Labute approximate surface area is 125 Å². The first-order valence-corrected chi connectivity index (χ1v) is 6.46. The van der Waals surface area contributed by atoms with Gasteiger partial charge in [0.05, 0.1) is 4.92 Å². The third-order valence-corrected chi connectivity index (χ3v) is 3.38. The molecule has 0 bridgehead atoms. The Bertz CT molecular complexity index is 923. The second kappa shape index (κ2) is 5.18. The van der Waals surface area contributed by atoms with Crippen LogP contribution in [-0.4, -0.2) is 14.5 Å². The number of nitro groups is 1. The summed E-state index contributed by atoms with van der Waals surface area (Å²) in [6, 6.07) is 10.7. The monoisotopic (exact) mass is 293 g/mol. The molecule has 22 heavy (non-hydrogen) atoms. The van der Waals surface area contributed by atoms with Crippen LogP contribution in [0.3, 0.4) is 0 Å². The zero-order chi connectivity index (χ0) is 15.7. The lowest BCUT2D eigenvalue weighted by atomic mass is 10.2. The highest BCUT2D eigenvalue weighted by Crippen LogP contribution is 2.29. The number of hydrogen-bond donors (Lipinski definition) is 1. The van der Waals surface area contributed by atoms with Gasteiger partial charge in [-0.25, -0.2) is 4.98 Å². The van der Waals surface area contributed by atoms with Gasteiger partial charge in [0.25, 0.3) is 0 Å². The highest BCUT2D eigenvalue weighted by Gasteiger charge is 2.21. The Morgan fingerprint density at radius 1 is 1.36 bits per heavy atom. The zero-order valence-electron chi connectivity index (χ0n) is 11.6. The lowest BCUT2D eigenvalue weighted by Crippen LogP contribution is -2.02. The molecule has 0 aliphatic heterocycles. The largest absolute Gasteiger partial charge is 0.350 e. The third kappa shape index (κ3) is 2.23. The quantitative estimate of drug-likeness (QED) is 0.591. The van der Waals surface area contributed by atoms with Crippen molar-refractivity contribution in [2.45, 2.75) is 0 Å². The van der Waals surface area contributed by atoms with Crippen molar-refractivity contribution in [2.75, 3.05) is 5.32 Å². The normalized spacial score (nSPS) is 10.4. The second-order valence-corrected chi connectivity index (χ2v) is 4.75. The molecule has 0 spiro atoms. The first-order chi connectivity index (χ1) is 10.6. The SMILES string of the molecule is Cn1ccc2ccc(Nc3nccc(C#N)c3[N+](=O)[O-])cc21. The molecule has 0 aliphatic carbocycles. The van der Waals surface area contributed by atoms with Crippen molar-refractivity contribution in [3.05, 3.63) is 58.4 Å². The summed E-state index contributed by atoms with van der Waals surface area (Å²) < 4.78 is 1.95. The minimum atomic E-state index is -0.602. The number of rotatable bonds is 3. The van der Waals surface area contributed by atoms with Crippen molar-refractivity contribution in [3.8, 4) is 6.07 Å². The number of benzene rings is 1. The van der Waals surface area contributed by atoms with Gasteiger partial charge in [0.15, 0.2) is 0 Å². The van der Waals surface area contributed by atoms with Gasteiger partial charge < -0.3 is 9.88 Å². The molecule has 1 aromatic carbocycles. The van der Waals surface area contributed by atoms with E-state index in [0.29, 0.717) is 5.69 Å². The van der Waals surface area contributed by atoms with E-state index in [1.54, 1.807) is 0 Å². The summed E-state index contributed by atoms with van der Waals surface area (Å²) in [6.45, 7) is 0. The highest BCUT2D eigenvalue weighted by atomic mass is 16.6. The van der Waals surface area contributed by atoms with Crippen LogP contribution in [-0.2, 0) is 7.05 Å². The predicted octanol–water partition coefficient (Wildman–Crippen LogP) is 3.10. The third-order valence-electron chi connectivity index (χ3n) is 3.38. The smallest absolute Gasteiger partial charge is 0.329 e. The molecule has 3 rings (SSSR count). The molecule has 108 valence electrons. The second-order valence-electron chi connectivity index (χ2n) is 4.75. The summed E-state index contributed by atoms with van der Waals surface area (Å²) >= 11 is 0. The van der Waals surface area contributed by atoms with E-state index >= 15 is 0 Å². The molecule has 0 radical (unpaired) electrons. The maximum atomic E-state index is 11.2. The fraction of sp³-hybridized carbons (Fsp3) is 0.0667. The molecule has 2 aromatic heterocycles. The summed E-state index contributed by atoms with van der Waals surface area (Å²) in [5.74, 6) is 0.0533. The van der Waals surface area contributed by atoms with E-state index in [9.17, 15) is 10.1 Å². The first-order valence-electron chi connectivity index (χ1n) is 6.46. The number of fused-ring (bicyclic) bond motifs is 1. The van der Waals surface area contributed by atoms with E-state index in [2.05, 4.69) is 10.3 Å². The summed E-state index contributed by atoms with van der Waals surface area (Å²) in [6.07, 6.45) is 3.31. The van der Waals surface area contributed by atoms with E-state index in [1.807, 2.05) is 48.1 Å². The summed E-state index contributed by atoms with van der Waals surface area (Å²) in [5.41, 5.74) is 1.31. The van der Waals surface area contributed by atoms with Crippen LogP contribution < -0.4 is 5.32 Å². The van der Waals surface area contributed by atoms with Gasteiger partial charge in [-0.05, 0) is 29.7 Å². The Balaban J connectivity index is 2.07. The van der Waals surface area contributed by atoms with Gasteiger partial charge in [-0.15, -0.1) is 0 Å². The van der Waals surface area contributed by atoms with Gasteiger partial charge in [0.1, 0.15) is 11.6 Å². The van der Waals surface area contributed by atoms with Crippen LogP contribution in [0.4, 0.5) is 17.2 Å². The number of anilines is 2. The minimum absolute atomic E-state index is 0.0255. The molecule has 3 aromatic rings. The maximum Gasteiger partial charge on any atom is 0.329 e. The summed E-state index contributed by atoms with van der Waals surface area (Å²) in [4.78, 5) is 14.6. The Morgan fingerprint density at radius 2 is 2.18 bits per heavy atom. The van der Waals surface area contributed by atoms with Crippen molar-refractivity contribution in [1.29, 1.82) is 5.26 Å². The number of aromatic nitrogens is 2. The summed E-state index contributed by atoms with van der Waals surface area (Å²) in [5, 5.41) is 24.2. The van der Waals surface area contributed by atoms with E-state index < -0.39 is 4.92 Å². The number of nitriles is 1. The molecule has 0 aliphatic rings. The van der Waals surface area contributed by atoms with Gasteiger partial charge in [-0.1, -0.05) is 6.07 Å². The lowest BCUT2D eigenvalue weighted by molar-refractivity contribution is -0.384. The van der Waals surface area contributed by atoms with Crippen molar-refractivity contribution >= 4 is 28.1 Å². The zero-order valence-corrected chi connectivity index (χ0v) is 11.6. The van der Waals surface area contributed by atoms with Crippen LogP contribution in [0.15, 0.2) is 42.7 Å². The Morgan fingerprint density at radius 3 is 2.91 bits per heavy atom. The minimum Gasteiger partial charge on any atom is -0.350 e. The molecule has 0 amide bonds. The number of pyridine rings is 1.